The fourth-order valence-corrected chi connectivity index (χ4v) is 4.91. The second-order valence-corrected chi connectivity index (χ2v) is 8.70. The number of carbonyl (C=O) groups excluding carboxylic acids is 2. The molecule has 3 heterocycles. The average Bonchev–Trinajstić information content (AvgIpc) is 3.32. The maximum Gasteiger partial charge on any atom is 0.273 e. The Morgan fingerprint density at radius 1 is 1.03 bits per heavy atom. The summed E-state index contributed by atoms with van der Waals surface area (Å²) in [7, 11) is 0. The van der Waals surface area contributed by atoms with Crippen molar-refractivity contribution in [1.29, 1.82) is 0 Å². The number of rotatable bonds is 5. The lowest BCUT2D eigenvalue weighted by molar-refractivity contribution is -0.0268. The van der Waals surface area contributed by atoms with Gasteiger partial charge in [-0.3, -0.25) is 14.6 Å². The van der Waals surface area contributed by atoms with Crippen molar-refractivity contribution in [1.82, 2.24) is 30.2 Å². The van der Waals surface area contributed by atoms with Crippen LogP contribution >= 0.6 is 0 Å². The third-order valence-corrected chi connectivity index (χ3v) is 6.95. The van der Waals surface area contributed by atoms with Gasteiger partial charge >= 0.3 is 0 Å². The summed E-state index contributed by atoms with van der Waals surface area (Å²) in [5.41, 5.74) is 2.19. The lowest BCUT2D eigenvalue weighted by Crippen LogP contribution is -2.51. The van der Waals surface area contributed by atoms with Crippen molar-refractivity contribution in [3.63, 3.8) is 0 Å². The van der Waals surface area contributed by atoms with Gasteiger partial charge in [0.15, 0.2) is 5.69 Å². The first kappa shape index (κ1) is 20.4. The number of amides is 2. The van der Waals surface area contributed by atoms with Crippen molar-refractivity contribution >= 4 is 11.8 Å². The maximum absolute atomic E-state index is 12.7. The lowest BCUT2D eigenvalue weighted by Gasteiger charge is -2.53. The van der Waals surface area contributed by atoms with Crippen molar-refractivity contribution in [3.05, 3.63) is 77.9 Å². The van der Waals surface area contributed by atoms with E-state index in [1.165, 1.54) is 0 Å². The number of hydrogen-bond donors (Lipinski definition) is 1. The minimum absolute atomic E-state index is 0.0660. The number of nitrogens with zero attached hydrogens (tertiary/aromatic N) is 5. The zero-order chi connectivity index (χ0) is 22.0. The number of piperidine rings is 1. The molecule has 1 aromatic carbocycles. The summed E-state index contributed by atoms with van der Waals surface area (Å²) in [6.07, 6.45) is 9.07. The van der Waals surface area contributed by atoms with E-state index in [4.69, 9.17) is 0 Å². The molecule has 32 heavy (non-hydrogen) atoms. The van der Waals surface area contributed by atoms with E-state index >= 15 is 0 Å². The molecule has 1 unspecified atom stereocenters. The molecule has 1 spiro atoms. The van der Waals surface area contributed by atoms with Gasteiger partial charge in [-0.05, 0) is 48.8 Å². The van der Waals surface area contributed by atoms with E-state index in [0.717, 1.165) is 44.3 Å². The van der Waals surface area contributed by atoms with Crippen LogP contribution in [0.3, 0.4) is 0 Å². The third kappa shape index (κ3) is 3.88. The van der Waals surface area contributed by atoms with Crippen LogP contribution in [0.15, 0.2) is 61.1 Å². The number of carbonyl (C=O) groups is 2. The van der Waals surface area contributed by atoms with Crippen molar-refractivity contribution in [2.45, 2.75) is 38.3 Å². The third-order valence-electron chi connectivity index (χ3n) is 6.95. The zero-order valence-electron chi connectivity index (χ0n) is 17.9. The van der Waals surface area contributed by atoms with Crippen LogP contribution in [0.5, 0.6) is 0 Å². The molecule has 2 amide bonds. The number of likely N-dealkylation sites (tertiary alicyclic amines) is 1. The number of benzene rings is 1. The van der Waals surface area contributed by atoms with Crippen LogP contribution in [-0.2, 0) is 6.54 Å². The molecule has 1 saturated heterocycles. The molecule has 1 saturated carbocycles. The summed E-state index contributed by atoms with van der Waals surface area (Å²) >= 11 is 0. The molecule has 0 radical (unpaired) electrons. The van der Waals surface area contributed by atoms with E-state index in [9.17, 15) is 9.59 Å². The molecule has 3 aromatic rings. The van der Waals surface area contributed by atoms with Gasteiger partial charge in [-0.25, -0.2) is 4.68 Å². The van der Waals surface area contributed by atoms with Gasteiger partial charge in [0, 0.05) is 37.6 Å². The van der Waals surface area contributed by atoms with E-state index in [2.05, 4.69) is 20.6 Å². The molecule has 0 bridgehead atoms. The number of hydrogen-bond acceptors (Lipinski definition) is 5. The quantitative estimate of drug-likeness (QED) is 0.672. The van der Waals surface area contributed by atoms with E-state index in [-0.39, 0.29) is 23.3 Å². The summed E-state index contributed by atoms with van der Waals surface area (Å²) in [4.78, 5) is 31.2. The molecule has 1 aliphatic carbocycles. The molecular formula is C24H26N6O2. The van der Waals surface area contributed by atoms with Gasteiger partial charge in [0.1, 0.15) is 0 Å². The Bertz CT molecular complexity index is 1090. The van der Waals surface area contributed by atoms with E-state index in [0.29, 0.717) is 17.8 Å². The summed E-state index contributed by atoms with van der Waals surface area (Å²) in [6.45, 7) is 1.93. The fourth-order valence-electron chi connectivity index (χ4n) is 4.91. The molecule has 1 atom stereocenters. The molecule has 8 nitrogen and oxygen atoms in total. The van der Waals surface area contributed by atoms with Gasteiger partial charge in [-0.2, -0.15) is 0 Å². The topological polar surface area (TPSA) is 93.0 Å². The van der Waals surface area contributed by atoms with Crippen LogP contribution in [0.25, 0.3) is 0 Å². The fraction of sp³-hybridized carbons (Fsp3) is 0.375. The van der Waals surface area contributed by atoms with Gasteiger partial charge in [0.2, 0.25) is 0 Å². The minimum Gasteiger partial charge on any atom is -0.347 e. The van der Waals surface area contributed by atoms with E-state index < -0.39 is 0 Å². The van der Waals surface area contributed by atoms with Crippen molar-refractivity contribution in [3.8, 4) is 0 Å². The van der Waals surface area contributed by atoms with Crippen LogP contribution < -0.4 is 5.32 Å². The van der Waals surface area contributed by atoms with Crippen LogP contribution in [-0.4, -0.2) is 49.8 Å². The molecule has 164 valence electrons. The second kappa shape index (κ2) is 8.53. The predicted molar refractivity (Wildman–Crippen MR) is 118 cm³/mol. The first-order chi connectivity index (χ1) is 15.6. The summed E-state index contributed by atoms with van der Waals surface area (Å²) in [5.74, 6) is -0.150. The Balaban J connectivity index is 1.19. The average molecular weight is 431 g/mol. The SMILES string of the molecule is O=C(NCc1ccccc1)c1cn(C2CCC23CCN(C(=O)c2ccncc2)CC3)nn1. The van der Waals surface area contributed by atoms with Crippen LogP contribution in [0, 0.1) is 5.41 Å². The molecule has 5 rings (SSSR count). The highest BCUT2D eigenvalue weighted by atomic mass is 16.2. The largest absolute Gasteiger partial charge is 0.347 e. The standard InChI is InChI=1S/C24H26N6O2/c31-22(26-16-18-4-2-1-3-5-18)20-17-30(28-27-20)21-6-9-24(21)10-14-29(15-11-24)23(32)19-7-12-25-13-8-19/h1-5,7-8,12-13,17,21H,6,9-11,14-16H2,(H,26,31). The molecule has 2 aliphatic rings. The van der Waals surface area contributed by atoms with E-state index in [1.807, 2.05) is 39.9 Å². The first-order valence-corrected chi connectivity index (χ1v) is 11.1. The highest BCUT2D eigenvalue weighted by Crippen LogP contribution is 2.56. The highest BCUT2D eigenvalue weighted by molar-refractivity contribution is 5.94. The van der Waals surface area contributed by atoms with Gasteiger partial charge in [0.05, 0.1) is 12.2 Å². The van der Waals surface area contributed by atoms with E-state index in [1.54, 1.807) is 30.7 Å². The maximum atomic E-state index is 12.7. The predicted octanol–water partition coefficient (Wildman–Crippen LogP) is 2.86. The van der Waals surface area contributed by atoms with Gasteiger partial charge in [-0.1, -0.05) is 35.5 Å². The van der Waals surface area contributed by atoms with Gasteiger partial charge in [0.25, 0.3) is 11.8 Å². The Hall–Kier alpha value is -3.55. The molecule has 1 aliphatic heterocycles. The summed E-state index contributed by atoms with van der Waals surface area (Å²) < 4.78 is 1.86. The summed E-state index contributed by atoms with van der Waals surface area (Å²) in [6, 6.07) is 13.5. The monoisotopic (exact) mass is 430 g/mol. The number of pyridine rings is 1. The van der Waals surface area contributed by atoms with Crippen molar-refractivity contribution in [2.75, 3.05) is 13.1 Å². The van der Waals surface area contributed by atoms with Crippen molar-refractivity contribution in [2.24, 2.45) is 5.41 Å². The normalized spacial score (nSPS) is 19.4. The van der Waals surface area contributed by atoms with Crippen molar-refractivity contribution < 1.29 is 9.59 Å². The Morgan fingerprint density at radius 3 is 2.47 bits per heavy atom. The van der Waals surface area contributed by atoms with Gasteiger partial charge < -0.3 is 10.2 Å². The Morgan fingerprint density at radius 2 is 1.78 bits per heavy atom. The number of nitrogens with one attached hydrogen (secondary N) is 1. The summed E-state index contributed by atoms with van der Waals surface area (Å²) in [5, 5.41) is 11.3. The van der Waals surface area contributed by atoms with Crippen LogP contribution in [0.2, 0.25) is 0 Å². The Labute approximate surface area is 186 Å². The Kier molecular flexibility index (Phi) is 5.43. The molecule has 8 heteroatoms. The first-order valence-electron chi connectivity index (χ1n) is 11.1. The second-order valence-electron chi connectivity index (χ2n) is 8.70. The van der Waals surface area contributed by atoms with Gasteiger partial charge in [-0.15, -0.1) is 5.10 Å². The van der Waals surface area contributed by atoms with Crippen LogP contribution in [0.1, 0.15) is 58.1 Å². The molecule has 2 aromatic heterocycles. The molecule has 2 fully saturated rings. The number of aromatic nitrogens is 4. The zero-order valence-corrected chi connectivity index (χ0v) is 17.9. The highest BCUT2D eigenvalue weighted by Gasteiger charge is 2.50. The minimum atomic E-state index is -0.216. The lowest BCUT2D eigenvalue weighted by atomic mass is 9.59. The molecule has 1 N–H and O–H groups in total. The smallest absolute Gasteiger partial charge is 0.273 e. The van der Waals surface area contributed by atoms with Crippen LogP contribution in [0.4, 0.5) is 0 Å². The molecular weight excluding hydrogens is 404 g/mol.